The average Bonchev–Trinajstić information content (AvgIpc) is 2.59. The highest BCUT2D eigenvalue weighted by Gasteiger charge is 2.53. The number of nitrogen functional groups attached to an aromatic ring is 1. The van der Waals surface area contributed by atoms with Gasteiger partial charge in [-0.2, -0.15) is 4.98 Å². The second-order valence-electron chi connectivity index (χ2n) is 4.53. The third-order valence-corrected chi connectivity index (χ3v) is 3.11. The van der Waals surface area contributed by atoms with E-state index in [1.165, 1.54) is 6.92 Å². The summed E-state index contributed by atoms with van der Waals surface area (Å²) in [6.07, 6.45) is -4.60. The number of aliphatic hydroxyl groups is 2. The summed E-state index contributed by atoms with van der Waals surface area (Å²) in [6.45, 7) is 0.612. The van der Waals surface area contributed by atoms with Crippen molar-refractivity contribution in [2.75, 3.05) is 12.3 Å². The van der Waals surface area contributed by atoms with Crippen molar-refractivity contribution >= 4 is 5.82 Å². The molecule has 1 saturated heterocycles. The molecule has 1 aliphatic heterocycles. The summed E-state index contributed by atoms with van der Waals surface area (Å²) in [5.74, 6) is -1.62. The summed E-state index contributed by atoms with van der Waals surface area (Å²) in [5, 5.41) is 18.7. The number of aromatic nitrogens is 2. The Morgan fingerprint density at radius 1 is 1.68 bits per heavy atom. The van der Waals surface area contributed by atoms with Gasteiger partial charge >= 0.3 is 5.69 Å². The minimum absolute atomic E-state index is 0.556. The largest absolute Gasteiger partial charge is 0.393 e. The Kier molecular flexibility index (Phi) is 3.29. The number of anilines is 1. The zero-order valence-electron chi connectivity index (χ0n) is 9.96. The van der Waals surface area contributed by atoms with Crippen LogP contribution in [0.25, 0.3) is 0 Å². The quantitative estimate of drug-likeness (QED) is 0.635. The molecule has 19 heavy (non-hydrogen) atoms. The molecule has 0 bridgehead atoms. The number of hydrogen-bond donors (Lipinski definition) is 3. The van der Waals surface area contributed by atoms with E-state index >= 15 is 0 Å². The van der Waals surface area contributed by atoms with Crippen molar-refractivity contribution in [2.45, 2.75) is 31.0 Å². The van der Waals surface area contributed by atoms with E-state index in [1.807, 2.05) is 0 Å². The number of halogens is 2. The fourth-order valence-corrected chi connectivity index (χ4v) is 1.88. The molecule has 0 radical (unpaired) electrons. The Labute approximate surface area is 106 Å². The molecule has 0 amide bonds. The summed E-state index contributed by atoms with van der Waals surface area (Å²) in [7, 11) is 0. The standard InChI is InChI=1S/C10H13F2N3O4/c1-10(3-16)6(17)5(12)8(19-10)15-2-4(11)7(13)14-9(15)18/h2,5-6,8,16-17H,3H2,1H3,(H2,13,14,18)/t5-,6-,8+,10+/m0/s1. The van der Waals surface area contributed by atoms with Crippen molar-refractivity contribution in [3.8, 4) is 0 Å². The zero-order chi connectivity index (χ0) is 14.4. The van der Waals surface area contributed by atoms with E-state index in [-0.39, 0.29) is 0 Å². The number of rotatable bonds is 2. The van der Waals surface area contributed by atoms with Crippen LogP contribution in [0.5, 0.6) is 0 Å². The molecule has 7 nitrogen and oxygen atoms in total. The van der Waals surface area contributed by atoms with Crippen molar-refractivity contribution in [1.29, 1.82) is 0 Å². The first-order valence-corrected chi connectivity index (χ1v) is 5.45. The van der Waals surface area contributed by atoms with Gasteiger partial charge in [-0.25, -0.2) is 13.6 Å². The maximum Gasteiger partial charge on any atom is 0.351 e. The Balaban J connectivity index is 2.44. The number of alkyl halides is 1. The number of nitrogens with two attached hydrogens (primary N) is 1. The Morgan fingerprint density at radius 2 is 2.32 bits per heavy atom. The Hall–Kier alpha value is -1.58. The number of nitrogens with zero attached hydrogens (tertiary/aromatic N) is 2. The first kappa shape index (κ1) is 13.8. The van der Waals surface area contributed by atoms with E-state index in [4.69, 9.17) is 15.6 Å². The molecule has 0 unspecified atom stereocenters. The van der Waals surface area contributed by atoms with Crippen molar-refractivity contribution in [3.05, 3.63) is 22.5 Å². The SMILES string of the molecule is C[C@]1(CO)O[C@@H](n2cc(F)c(N)nc2=O)[C@@H](F)[C@@H]1O. The molecule has 4 N–H and O–H groups in total. The number of hydrogen-bond acceptors (Lipinski definition) is 6. The minimum atomic E-state index is -2.01. The molecular formula is C10H13F2N3O4. The van der Waals surface area contributed by atoms with Crippen LogP contribution in [0.1, 0.15) is 13.2 Å². The highest BCUT2D eigenvalue weighted by atomic mass is 19.1. The molecule has 1 aromatic heterocycles. The van der Waals surface area contributed by atoms with E-state index in [1.54, 1.807) is 0 Å². The van der Waals surface area contributed by atoms with Crippen LogP contribution in [0.15, 0.2) is 11.0 Å². The predicted molar refractivity (Wildman–Crippen MR) is 59.4 cm³/mol. The van der Waals surface area contributed by atoms with Gasteiger partial charge in [-0.3, -0.25) is 4.57 Å². The van der Waals surface area contributed by atoms with Gasteiger partial charge in [0.25, 0.3) is 0 Å². The molecule has 1 fully saturated rings. The Bertz CT molecular complexity index is 552. The smallest absolute Gasteiger partial charge is 0.351 e. The maximum absolute atomic E-state index is 13.9. The first-order valence-electron chi connectivity index (χ1n) is 5.45. The number of aliphatic hydroxyl groups excluding tert-OH is 2. The highest BCUT2D eigenvalue weighted by Crippen LogP contribution is 2.38. The van der Waals surface area contributed by atoms with Crippen molar-refractivity contribution < 1.29 is 23.7 Å². The van der Waals surface area contributed by atoms with Crippen LogP contribution in [-0.2, 0) is 4.74 Å². The van der Waals surface area contributed by atoms with Gasteiger partial charge in [0.2, 0.25) is 0 Å². The van der Waals surface area contributed by atoms with E-state index in [0.717, 1.165) is 0 Å². The van der Waals surface area contributed by atoms with Gasteiger partial charge in [-0.15, -0.1) is 0 Å². The van der Waals surface area contributed by atoms with Crippen LogP contribution in [-0.4, -0.2) is 44.2 Å². The second kappa shape index (κ2) is 4.51. The lowest BCUT2D eigenvalue weighted by molar-refractivity contribution is -0.117. The Morgan fingerprint density at radius 3 is 2.84 bits per heavy atom. The van der Waals surface area contributed by atoms with Gasteiger partial charge < -0.3 is 20.7 Å². The highest BCUT2D eigenvalue weighted by molar-refractivity contribution is 5.26. The van der Waals surface area contributed by atoms with E-state index < -0.39 is 48.0 Å². The molecule has 2 rings (SSSR count). The van der Waals surface area contributed by atoms with Gasteiger partial charge in [0.05, 0.1) is 12.8 Å². The van der Waals surface area contributed by atoms with E-state index in [2.05, 4.69) is 4.98 Å². The molecule has 0 spiro atoms. The van der Waals surface area contributed by atoms with Gasteiger partial charge in [0, 0.05) is 0 Å². The van der Waals surface area contributed by atoms with Gasteiger partial charge in [-0.1, -0.05) is 0 Å². The zero-order valence-corrected chi connectivity index (χ0v) is 9.96. The predicted octanol–water partition coefficient (Wildman–Crippen LogP) is -1.06. The molecule has 0 aromatic carbocycles. The molecule has 2 heterocycles. The van der Waals surface area contributed by atoms with E-state index in [9.17, 15) is 18.7 Å². The van der Waals surface area contributed by atoms with Gasteiger partial charge in [0.15, 0.2) is 24.0 Å². The van der Waals surface area contributed by atoms with Crippen LogP contribution in [0, 0.1) is 5.82 Å². The molecular weight excluding hydrogens is 264 g/mol. The summed E-state index contributed by atoms with van der Waals surface area (Å²) in [5.41, 5.74) is 2.51. The summed E-state index contributed by atoms with van der Waals surface area (Å²) in [4.78, 5) is 14.7. The van der Waals surface area contributed by atoms with Crippen LogP contribution < -0.4 is 11.4 Å². The molecule has 4 atom stereocenters. The lowest BCUT2D eigenvalue weighted by atomic mass is 9.99. The van der Waals surface area contributed by atoms with E-state index in [0.29, 0.717) is 10.8 Å². The fraction of sp³-hybridized carbons (Fsp3) is 0.600. The van der Waals surface area contributed by atoms with Crippen LogP contribution in [0.3, 0.4) is 0 Å². The van der Waals surface area contributed by atoms with Crippen LogP contribution in [0.2, 0.25) is 0 Å². The maximum atomic E-state index is 13.9. The van der Waals surface area contributed by atoms with Crippen LogP contribution >= 0.6 is 0 Å². The third kappa shape index (κ3) is 2.09. The third-order valence-electron chi connectivity index (χ3n) is 3.11. The molecule has 1 aliphatic rings. The molecule has 9 heteroatoms. The fourth-order valence-electron chi connectivity index (χ4n) is 1.88. The lowest BCUT2D eigenvalue weighted by Crippen LogP contribution is -2.42. The average molecular weight is 277 g/mol. The van der Waals surface area contributed by atoms with Crippen LogP contribution in [0.4, 0.5) is 14.6 Å². The van der Waals surface area contributed by atoms with Crippen molar-refractivity contribution in [3.63, 3.8) is 0 Å². The number of ether oxygens (including phenoxy) is 1. The minimum Gasteiger partial charge on any atom is -0.393 e. The lowest BCUT2D eigenvalue weighted by Gasteiger charge is -2.24. The van der Waals surface area contributed by atoms with Crippen molar-refractivity contribution in [2.24, 2.45) is 0 Å². The molecule has 1 aromatic rings. The molecule has 0 aliphatic carbocycles. The monoisotopic (exact) mass is 277 g/mol. The first-order chi connectivity index (χ1) is 8.80. The van der Waals surface area contributed by atoms with Gasteiger partial charge in [-0.05, 0) is 6.92 Å². The summed E-state index contributed by atoms with van der Waals surface area (Å²) in [6, 6.07) is 0. The van der Waals surface area contributed by atoms with Crippen molar-refractivity contribution in [1.82, 2.24) is 9.55 Å². The molecule has 106 valence electrons. The normalized spacial score (nSPS) is 34.7. The topological polar surface area (TPSA) is 111 Å². The summed E-state index contributed by atoms with van der Waals surface area (Å²) >= 11 is 0. The second-order valence-corrected chi connectivity index (χ2v) is 4.53. The van der Waals surface area contributed by atoms with Gasteiger partial charge in [0.1, 0.15) is 11.7 Å². The molecule has 0 saturated carbocycles. The summed E-state index contributed by atoms with van der Waals surface area (Å²) < 4.78 is 32.9.